The Balaban J connectivity index is 4.03. The second-order valence-corrected chi connectivity index (χ2v) is 3.18. The first-order valence-corrected chi connectivity index (χ1v) is 4.15. The SMILES string of the molecule is C=C(C=C[C](F)=[W])C(=O)Cl. The van der Waals surface area contributed by atoms with E-state index in [0.29, 0.717) is 19.4 Å². The van der Waals surface area contributed by atoms with Gasteiger partial charge in [0.1, 0.15) is 0 Å². The van der Waals surface area contributed by atoms with Crippen LogP contribution in [-0.2, 0) is 24.1 Å². The molecule has 0 aliphatic heterocycles. The van der Waals surface area contributed by atoms with Crippen LogP contribution in [0.3, 0.4) is 0 Å². The number of carbonyl (C=O) groups is 1. The molecule has 0 heterocycles. The van der Waals surface area contributed by atoms with Gasteiger partial charge in [-0.15, -0.1) is 0 Å². The van der Waals surface area contributed by atoms with E-state index in [0.717, 1.165) is 6.08 Å². The Morgan fingerprint density at radius 1 is 1.60 bits per heavy atom. The molecule has 0 aromatic carbocycles. The van der Waals surface area contributed by atoms with Gasteiger partial charge in [0, 0.05) is 0 Å². The molecule has 1 nitrogen and oxygen atoms in total. The van der Waals surface area contributed by atoms with E-state index in [4.69, 9.17) is 11.6 Å². The average molecular weight is 330 g/mol. The molecule has 0 unspecified atom stereocenters. The molecule has 0 N–H and O–H groups in total. The van der Waals surface area contributed by atoms with Crippen molar-refractivity contribution in [2.24, 2.45) is 0 Å². The summed E-state index contributed by atoms with van der Waals surface area (Å²) in [6.07, 6.45) is 2.41. The van der Waals surface area contributed by atoms with Gasteiger partial charge in [-0.3, -0.25) is 0 Å². The monoisotopic (exact) mass is 330 g/mol. The van der Waals surface area contributed by atoms with E-state index in [1.54, 1.807) is 0 Å². The van der Waals surface area contributed by atoms with Crippen LogP contribution >= 0.6 is 11.6 Å². The molecule has 0 fully saturated rings. The summed E-state index contributed by atoms with van der Waals surface area (Å²) in [6, 6.07) is 0. The van der Waals surface area contributed by atoms with Crippen LogP contribution in [-0.4, -0.2) is 9.39 Å². The van der Waals surface area contributed by atoms with Gasteiger partial charge < -0.3 is 0 Å². The molecule has 54 valence electrons. The van der Waals surface area contributed by atoms with Crippen molar-refractivity contribution in [2.45, 2.75) is 0 Å². The standard InChI is InChI=1S/C6H4ClFO.W/c1-5(6(7)9)3-2-4-8;/h2-3H,1H2;. The van der Waals surface area contributed by atoms with Gasteiger partial charge in [-0.05, 0) is 0 Å². The normalized spacial score (nSPS) is 9.80. The van der Waals surface area contributed by atoms with Gasteiger partial charge in [0.05, 0.1) is 0 Å². The summed E-state index contributed by atoms with van der Waals surface area (Å²) in [5.41, 5.74) is 0.0954. The number of halogens is 2. The summed E-state index contributed by atoms with van der Waals surface area (Å²) in [5.74, 6) is 0. The quantitative estimate of drug-likeness (QED) is 0.436. The minimum absolute atomic E-state index is 0.0954. The van der Waals surface area contributed by atoms with Crippen molar-refractivity contribution in [2.75, 3.05) is 0 Å². The number of rotatable bonds is 3. The molecule has 0 aliphatic rings. The van der Waals surface area contributed by atoms with Crippen LogP contribution in [0.25, 0.3) is 0 Å². The third-order valence-electron chi connectivity index (χ3n) is 0.668. The van der Waals surface area contributed by atoms with Crippen molar-refractivity contribution in [1.29, 1.82) is 0 Å². The zero-order chi connectivity index (χ0) is 8.15. The van der Waals surface area contributed by atoms with E-state index in [-0.39, 0.29) is 9.72 Å². The number of carbonyl (C=O) groups excluding carboxylic acids is 1. The molecule has 0 aromatic rings. The number of hydrogen-bond donors (Lipinski definition) is 0. The Bertz CT molecular complexity index is 210. The van der Waals surface area contributed by atoms with Crippen molar-refractivity contribution in [3.63, 3.8) is 0 Å². The van der Waals surface area contributed by atoms with Crippen molar-refractivity contribution in [1.82, 2.24) is 0 Å². The molecule has 0 rings (SSSR count). The Morgan fingerprint density at radius 2 is 2.10 bits per heavy atom. The Morgan fingerprint density at radius 3 is 2.40 bits per heavy atom. The molecule has 0 bridgehead atoms. The maximum atomic E-state index is 12.0. The summed E-state index contributed by atoms with van der Waals surface area (Å²) in [7, 11) is 0. The Labute approximate surface area is 74.0 Å². The molecular weight excluding hydrogens is 326 g/mol. The molecule has 0 spiro atoms. The van der Waals surface area contributed by atoms with Gasteiger partial charge >= 0.3 is 73.8 Å². The summed E-state index contributed by atoms with van der Waals surface area (Å²) < 4.78 is 11.7. The van der Waals surface area contributed by atoms with E-state index < -0.39 is 5.24 Å². The first-order chi connectivity index (χ1) is 4.54. The van der Waals surface area contributed by atoms with Gasteiger partial charge in [0.25, 0.3) is 0 Å². The topological polar surface area (TPSA) is 17.1 Å². The zero-order valence-corrected chi connectivity index (χ0v) is 8.62. The maximum absolute atomic E-state index is 12.0. The first kappa shape index (κ1) is 9.93. The van der Waals surface area contributed by atoms with Crippen molar-refractivity contribution in [3.05, 3.63) is 24.3 Å². The fourth-order valence-electron chi connectivity index (χ4n) is 0.232. The van der Waals surface area contributed by atoms with Gasteiger partial charge in [-0.2, -0.15) is 0 Å². The van der Waals surface area contributed by atoms with E-state index in [1.165, 1.54) is 6.08 Å². The number of hydrogen-bond acceptors (Lipinski definition) is 1. The molecular formula is C6H4ClFOW. The minimum atomic E-state index is -0.660. The molecule has 0 atom stereocenters. The zero-order valence-electron chi connectivity index (χ0n) is 4.93. The van der Waals surface area contributed by atoms with E-state index in [1.807, 2.05) is 0 Å². The third kappa shape index (κ3) is 4.77. The molecule has 10 heavy (non-hydrogen) atoms. The molecule has 0 saturated carbocycles. The van der Waals surface area contributed by atoms with Crippen LogP contribution in [0, 0.1) is 0 Å². The fraction of sp³-hybridized carbons (Fsp3) is 0. The summed E-state index contributed by atoms with van der Waals surface area (Å²) in [4.78, 5) is 10.2. The van der Waals surface area contributed by atoms with Gasteiger partial charge in [-0.1, -0.05) is 0 Å². The first-order valence-electron chi connectivity index (χ1n) is 2.30. The molecule has 0 amide bonds. The van der Waals surface area contributed by atoms with Crippen LogP contribution in [0.15, 0.2) is 24.3 Å². The van der Waals surface area contributed by atoms with Crippen LogP contribution in [0.2, 0.25) is 0 Å². The summed E-state index contributed by atoms with van der Waals surface area (Å²) >= 11 is 5.71. The van der Waals surface area contributed by atoms with E-state index in [9.17, 15) is 9.18 Å². The fourth-order valence-corrected chi connectivity index (χ4v) is 0.539. The van der Waals surface area contributed by atoms with Gasteiger partial charge in [-0.25, -0.2) is 0 Å². The predicted molar refractivity (Wildman–Crippen MR) is 35.3 cm³/mol. The van der Waals surface area contributed by atoms with Crippen LogP contribution in [0.4, 0.5) is 4.39 Å². The van der Waals surface area contributed by atoms with E-state index in [2.05, 4.69) is 6.58 Å². The van der Waals surface area contributed by atoms with Crippen LogP contribution in [0.1, 0.15) is 0 Å². The summed E-state index contributed by atoms with van der Waals surface area (Å²) in [5, 5.41) is -0.660. The average Bonchev–Trinajstić information content (AvgIpc) is 1.82. The van der Waals surface area contributed by atoms with Crippen LogP contribution in [0.5, 0.6) is 0 Å². The van der Waals surface area contributed by atoms with Crippen LogP contribution < -0.4 is 0 Å². The number of allylic oxidation sites excluding steroid dienone is 3. The van der Waals surface area contributed by atoms with Crippen molar-refractivity contribution >= 4 is 21.0 Å². The van der Waals surface area contributed by atoms with Gasteiger partial charge in [0.2, 0.25) is 0 Å². The molecule has 4 heteroatoms. The van der Waals surface area contributed by atoms with Gasteiger partial charge in [0.15, 0.2) is 0 Å². The molecule has 0 radical (unpaired) electrons. The second kappa shape index (κ2) is 4.70. The Kier molecular flexibility index (Phi) is 4.67. The summed E-state index contributed by atoms with van der Waals surface area (Å²) in [6.45, 7) is 3.29. The Hall–Kier alpha value is -0.0717. The van der Waals surface area contributed by atoms with Crippen molar-refractivity contribution in [3.8, 4) is 0 Å². The molecule has 0 saturated heterocycles. The van der Waals surface area contributed by atoms with Crippen molar-refractivity contribution < 1.29 is 28.5 Å². The molecule has 0 aliphatic carbocycles. The predicted octanol–water partition coefficient (Wildman–Crippen LogP) is 1.51. The second-order valence-electron chi connectivity index (χ2n) is 1.44. The van der Waals surface area contributed by atoms with E-state index >= 15 is 0 Å². The third-order valence-corrected chi connectivity index (χ3v) is 1.40. The molecule has 0 aromatic heterocycles.